The molecule has 0 unspecified atom stereocenters. The Hall–Kier alpha value is -2.90. The van der Waals surface area contributed by atoms with Crippen molar-refractivity contribution in [3.63, 3.8) is 0 Å². The quantitative estimate of drug-likeness (QED) is 0.188. The van der Waals surface area contributed by atoms with Crippen LogP contribution in [0.3, 0.4) is 0 Å². The number of fused-ring (bicyclic) bond motifs is 1. The zero-order valence-electron chi connectivity index (χ0n) is 34.5. The van der Waals surface area contributed by atoms with Crippen molar-refractivity contribution in [3.8, 4) is 0 Å². The minimum absolute atomic E-state index is 0.00181. The lowest BCUT2D eigenvalue weighted by Gasteiger charge is -2.38. The van der Waals surface area contributed by atoms with Gasteiger partial charge in [-0.2, -0.15) is 0 Å². The molecule has 6 fully saturated rings. The van der Waals surface area contributed by atoms with Crippen LogP contribution in [0.25, 0.3) is 0 Å². The molecule has 0 radical (unpaired) electrons. The maximum Gasteiger partial charge on any atom is 0.408 e. The van der Waals surface area contributed by atoms with Gasteiger partial charge in [0.25, 0.3) is 5.91 Å². The van der Waals surface area contributed by atoms with E-state index in [2.05, 4.69) is 34.5 Å². The van der Waals surface area contributed by atoms with Gasteiger partial charge in [0.15, 0.2) is 0 Å². The molecule has 5 saturated carbocycles. The van der Waals surface area contributed by atoms with Crippen molar-refractivity contribution in [2.75, 3.05) is 6.54 Å². The zero-order chi connectivity index (χ0) is 40.4. The lowest BCUT2D eigenvalue weighted by Crippen LogP contribution is -2.62. The number of carbonyl (C=O) groups is 5. The number of likely N-dealkylation sites (tertiary alicyclic amines) is 1. The summed E-state index contributed by atoms with van der Waals surface area (Å²) >= 11 is 0. The second-order valence-corrected chi connectivity index (χ2v) is 21.4. The van der Waals surface area contributed by atoms with E-state index in [1.54, 1.807) is 4.90 Å². The summed E-state index contributed by atoms with van der Waals surface area (Å²) < 4.78 is 33.5. The van der Waals surface area contributed by atoms with Crippen molar-refractivity contribution < 1.29 is 37.1 Å². The average Bonchev–Trinajstić information content (AvgIpc) is 4.05. The fraction of sp³-hybridized carbons (Fsp3) is 0.878. The van der Waals surface area contributed by atoms with Crippen LogP contribution in [0.1, 0.15) is 152 Å². The molecule has 5 aliphatic carbocycles. The van der Waals surface area contributed by atoms with E-state index in [0.717, 1.165) is 51.4 Å². The molecule has 310 valence electrons. The lowest BCUT2D eigenvalue weighted by molar-refractivity contribution is -0.145. The minimum atomic E-state index is -3.84. The molecule has 6 aliphatic rings. The highest BCUT2D eigenvalue weighted by atomic mass is 32.2. The Morgan fingerprint density at radius 1 is 0.855 bits per heavy atom. The summed E-state index contributed by atoms with van der Waals surface area (Å²) in [6, 6.07) is -2.84. The molecule has 13 nitrogen and oxygen atoms in total. The molecule has 5 amide bonds. The molecule has 14 heteroatoms. The standard InChI is InChI=1S/C41H67N5O8S/c1-9-26-22-41(26,35(50)45-55(52,53)28-18-19-28)44-32(47)29-23-40(38(7,8)39(40)20-15-21-39)24-46(29)34(49)31(37(4,5)6)43-33(48)30(25-16-13-12-14-17-25)42-36(51)54-27(10-2)11-3/h25-31H,9-24H2,1-8H3,(H,42,51)(H,43,48)(H,44,47)(H,45,50)/t26-,29+,30+,31-,40-,41-/m1/s1. The maximum atomic E-state index is 15.1. The first kappa shape index (κ1) is 41.7. The average molecular weight is 790 g/mol. The molecule has 4 N–H and O–H groups in total. The number of nitrogens with zero attached hydrogens (tertiary/aromatic N) is 1. The summed E-state index contributed by atoms with van der Waals surface area (Å²) in [4.78, 5) is 72.5. The summed E-state index contributed by atoms with van der Waals surface area (Å²) in [5.74, 6) is -2.36. The number of rotatable bonds is 14. The molecule has 6 atom stereocenters. The largest absolute Gasteiger partial charge is 0.446 e. The second-order valence-electron chi connectivity index (χ2n) is 19.4. The third-order valence-electron chi connectivity index (χ3n) is 15.2. The number of ether oxygens (including phenoxy) is 1. The molecule has 6 rings (SSSR count). The van der Waals surface area contributed by atoms with Crippen molar-refractivity contribution in [2.45, 2.75) is 187 Å². The summed E-state index contributed by atoms with van der Waals surface area (Å²) in [6.45, 7) is 16.2. The smallest absolute Gasteiger partial charge is 0.408 e. The van der Waals surface area contributed by atoms with Crippen molar-refractivity contribution in [1.29, 1.82) is 0 Å². The maximum absolute atomic E-state index is 15.1. The van der Waals surface area contributed by atoms with E-state index in [1.165, 1.54) is 0 Å². The van der Waals surface area contributed by atoms with Gasteiger partial charge in [0.2, 0.25) is 27.7 Å². The van der Waals surface area contributed by atoms with Crippen molar-refractivity contribution >= 4 is 39.7 Å². The number of hydrogen-bond donors (Lipinski definition) is 4. The number of amides is 5. The lowest BCUT2D eigenvalue weighted by atomic mass is 9.73. The van der Waals surface area contributed by atoms with Crippen LogP contribution in [0, 0.1) is 33.5 Å². The summed E-state index contributed by atoms with van der Waals surface area (Å²) in [7, 11) is -3.84. The first-order valence-electron chi connectivity index (χ1n) is 21.2. The molecular formula is C41H67N5O8S. The van der Waals surface area contributed by atoms with Crippen LogP contribution in [-0.2, 0) is 33.9 Å². The SMILES string of the molecule is CCC(CC)OC(=O)N[C@H](C(=O)N[C@H](C(=O)N1C[C@]2(C[C@H]1C(=O)N[C@]1(C(=O)NS(=O)(=O)C3CC3)C[C@H]1CC)C(C)(C)C21CCC1)C(C)(C)C)C1CCCCC1. The van der Waals surface area contributed by atoms with E-state index < -0.39 is 68.2 Å². The van der Waals surface area contributed by atoms with Gasteiger partial charge in [-0.05, 0) is 92.3 Å². The van der Waals surface area contributed by atoms with Gasteiger partial charge in [0.1, 0.15) is 29.8 Å². The highest BCUT2D eigenvalue weighted by Crippen LogP contribution is 2.88. The van der Waals surface area contributed by atoms with E-state index in [-0.39, 0.29) is 40.1 Å². The number of carbonyl (C=O) groups excluding carboxylic acids is 5. The van der Waals surface area contributed by atoms with Crippen LogP contribution in [-0.4, -0.2) is 84.6 Å². The number of nitrogens with one attached hydrogen (secondary N) is 4. The van der Waals surface area contributed by atoms with E-state index in [9.17, 15) is 27.6 Å². The molecule has 1 heterocycles. The van der Waals surface area contributed by atoms with E-state index >= 15 is 4.79 Å². The third kappa shape index (κ3) is 7.28. The Balaban J connectivity index is 1.27. The predicted molar refractivity (Wildman–Crippen MR) is 208 cm³/mol. The molecular weight excluding hydrogens is 723 g/mol. The normalized spacial score (nSPS) is 30.6. The van der Waals surface area contributed by atoms with Gasteiger partial charge in [-0.3, -0.25) is 23.9 Å². The predicted octanol–water partition coefficient (Wildman–Crippen LogP) is 5.07. The van der Waals surface area contributed by atoms with E-state index in [4.69, 9.17) is 4.74 Å². The first-order chi connectivity index (χ1) is 25.7. The molecule has 2 spiro atoms. The third-order valence-corrected chi connectivity index (χ3v) is 17.0. The van der Waals surface area contributed by atoms with Crippen LogP contribution in [0.4, 0.5) is 4.79 Å². The van der Waals surface area contributed by atoms with Crippen LogP contribution in [0.2, 0.25) is 0 Å². The Labute approximate surface area is 328 Å². The van der Waals surface area contributed by atoms with Gasteiger partial charge in [0, 0.05) is 12.0 Å². The minimum Gasteiger partial charge on any atom is -0.446 e. The number of sulfonamides is 1. The highest BCUT2D eigenvalue weighted by Gasteiger charge is 2.85. The molecule has 0 aromatic carbocycles. The Morgan fingerprint density at radius 2 is 1.49 bits per heavy atom. The molecule has 55 heavy (non-hydrogen) atoms. The molecule has 1 aliphatic heterocycles. The topological polar surface area (TPSA) is 180 Å². The Bertz CT molecular complexity index is 1640. The van der Waals surface area contributed by atoms with Crippen LogP contribution in [0.15, 0.2) is 0 Å². The summed E-state index contributed by atoms with van der Waals surface area (Å²) in [6.07, 6.45) is 10.3. The molecule has 0 aromatic heterocycles. The second kappa shape index (κ2) is 14.8. The van der Waals surface area contributed by atoms with Gasteiger partial charge in [0.05, 0.1) is 5.25 Å². The van der Waals surface area contributed by atoms with E-state index in [0.29, 0.717) is 51.5 Å². The van der Waals surface area contributed by atoms with Crippen LogP contribution >= 0.6 is 0 Å². The fourth-order valence-corrected chi connectivity index (χ4v) is 12.4. The van der Waals surface area contributed by atoms with Gasteiger partial charge in [-0.25, -0.2) is 13.2 Å². The van der Waals surface area contributed by atoms with Gasteiger partial charge in [-0.1, -0.05) is 87.5 Å². The molecule has 1 saturated heterocycles. The summed E-state index contributed by atoms with van der Waals surface area (Å²) in [5.41, 5.74) is -2.59. The van der Waals surface area contributed by atoms with Gasteiger partial charge < -0.3 is 25.6 Å². The molecule has 0 bridgehead atoms. The van der Waals surface area contributed by atoms with Gasteiger partial charge in [-0.15, -0.1) is 0 Å². The van der Waals surface area contributed by atoms with Gasteiger partial charge >= 0.3 is 6.09 Å². The monoisotopic (exact) mass is 789 g/mol. The zero-order valence-corrected chi connectivity index (χ0v) is 35.3. The van der Waals surface area contributed by atoms with Crippen LogP contribution in [0.5, 0.6) is 0 Å². The van der Waals surface area contributed by atoms with Crippen molar-refractivity contribution in [3.05, 3.63) is 0 Å². The molecule has 0 aromatic rings. The van der Waals surface area contributed by atoms with Crippen molar-refractivity contribution in [2.24, 2.45) is 33.5 Å². The Kier molecular flexibility index (Phi) is 11.2. The number of hydrogen-bond acceptors (Lipinski definition) is 8. The fourth-order valence-electron chi connectivity index (χ4n) is 11.0. The van der Waals surface area contributed by atoms with E-state index in [1.807, 2.05) is 41.5 Å². The number of alkyl carbamates (subject to hydrolysis) is 1. The Morgan fingerprint density at radius 3 is 1.98 bits per heavy atom. The highest BCUT2D eigenvalue weighted by molar-refractivity contribution is 7.91. The first-order valence-corrected chi connectivity index (χ1v) is 22.7. The van der Waals surface area contributed by atoms with Crippen molar-refractivity contribution in [1.82, 2.24) is 25.6 Å². The summed E-state index contributed by atoms with van der Waals surface area (Å²) in [5, 5.41) is 8.36. The van der Waals surface area contributed by atoms with Crippen LogP contribution < -0.4 is 20.7 Å².